The summed E-state index contributed by atoms with van der Waals surface area (Å²) < 4.78 is 10.00. The quantitative estimate of drug-likeness (QED) is 0.351. The molecule has 0 bridgehead atoms. The van der Waals surface area contributed by atoms with Crippen LogP contribution >= 0.6 is 0 Å². The highest BCUT2D eigenvalue weighted by Crippen LogP contribution is 2.25. The Balaban J connectivity index is 2.66. The van der Waals surface area contributed by atoms with E-state index in [1.165, 1.54) is 0 Å². The second kappa shape index (κ2) is 6.97. The van der Waals surface area contributed by atoms with Crippen molar-refractivity contribution in [2.45, 2.75) is 43.9 Å². The molecule has 7 heteroatoms. The maximum absolute atomic E-state index is 11.4. The van der Waals surface area contributed by atoms with Gasteiger partial charge in [0.2, 0.25) is 0 Å². The second-order valence-corrected chi connectivity index (χ2v) is 4.40. The minimum Gasteiger partial charge on any atom is -0.463 e. The van der Waals surface area contributed by atoms with Gasteiger partial charge in [-0.05, 0) is 6.92 Å². The first-order chi connectivity index (χ1) is 8.92. The van der Waals surface area contributed by atoms with Crippen molar-refractivity contribution in [3.05, 3.63) is 12.2 Å². The van der Waals surface area contributed by atoms with Crippen molar-refractivity contribution < 1.29 is 34.7 Å². The number of aliphatic hydroxyl groups is 4. The van der Waals surface area contributed by atoms with Crippen LogP contribution in [-0.2, 0) is 14.3 Å². The van der Waals surface area contributed by atoms with Gasteiger partial charge in [-0.2, -0.15) is 0 Å². The van der Waals surface area contributed by atoms with Crippen LogP contribution in [0.15, 0.2) is 12.2 Å². The number of carbonyl (C=O) groups is 1. The van der Waals surface area contributed by atoms with Crippen LogP contribution in [0.4, 0.5) is 0 Å². The van der Waals surface area contributed by atoms with Gasteiger partial charge in [0.1, 0.15) is 24.4 Å². The minimum absolute atomic E-state index is 0.0553. The Labute approximate surface area is 111 Å². The summed E-state index contributed by atoms with van der Waals surface area (Å²) >= 11 is 0. The average molecular weight is 276 g/mol. The standard InChI is InChI=1S/C12H20O7/c1-3-18-12(17)6(2)4-7-9(14)11(16)10(15)8(5-13)19-7/h7-11,13-16H,2-5H2,1H3/t7?,8-,9+,10+,11-/m1/s1. The molecule has 0 aliphatic carbocycles. The Morgan fingerprint density at radius 2 is 1.79 bits per heavy atom. The zero-order valence-corrected chi connectivity index (χ0v) is 10.7. The maximum atomic E-state index is 11.4. The van der Waals surface area contributed by atoms with E-state index in [9.17, 15) is 20.1 Å². The van der Waals surface area contributed by atoms with Gasteiger partial charge in [-0.25, -0.2) is 4.79 Å². The van der Waals surface area contributed by atoms with Crippen molar-refractivity contribution in [3.8, 4) is 0 Å². The van der Waals surface area contributed by atoms with Gasteiger partial charge in [0.05, 0.1) is 19.3 Å². The van der Waals surface area contributed by atoms with Gasteiger partial charge in [0, 0.05) is 12.0 Å². The van der Waals surface area contributed by atoms with Crippen LogP contribution in [0.5, 0.6) is 0 Å². The third kappa shape index (κ3) is 3.74. The molecule has 1 fully saturated rings. The lowest BCUT2D eigenvalue weighted by Gasteiger charge is -2.40. The molecule has 1 rings (SSSR count). The topological polar surface area (TPSA) is 116 Å². The van der Waals surface area contributed by atoms with E-state index in [2.05, 4.69) is 6.58 Å². The predicted octanol–water partition coefficient (Wildman–Crippen LogP) is -1.66. The van der Waals surface area contributed by atoms with E-state index < -0.39 is 43.1 Å². The molecular formula is C12H20O7. The van der Waals surface area contributed by atoms with Crippen molar-refractivity contribution in [1.29, 1.82) is 0 Å². The first-order valence-electron chi connectivity index (χ1n) is 6.07. The first kappa shape index (κ1) is 16.1. The van der Waals surface area contributed by atoms with E-state index in [0.29, 0.717) is 0 Å². The molecule has 0 aromatic rings. The molecule has 1 unspecified atom stereocenters. The van der Waals surface area contributed by atoms with Crippen molar-refractivity contribution in [1.82, 2.24) is 0 Å². The van der Waals surface area contributed by atoms with E-state index in [1.807, 2.05) is 0 Å². The Morgan fingerprint density at radius 3 is 2.32 bits per heavy atom. The number of aliphatic hydroxyl groups excluding tert-OH is 4. The monoisotopic (exact) mass is 276 g/mol. The smallest absolute Gasteiger partial charge is 0.333 e. The largest absolute Gasteiger partial charge is 0.463 e. The Kier molecular flexibility index (Phi) is 5.89. The highest BCUT2D eigenvalue weighted by atomic mass is 16.5. The van der Waals surface area contributed by atoms with Gasteiger partial charge in [-0.15, -0.1) is 0 Å². The zero-order chi connectivity index (χ0) is 14.6. The third-order valence-electron chi connectivity index (χ3n) is 3.00. The maximum Gasteiger partial charge on any atom is 0.333 e. The van der Waals surface area contributed by atoms with Crippen molar-refractivity contribution in [2.75, 3.05) is 13.2 Å². The lowest BCUT2D eigenvalue weighted by Crippen LogP contribution is -2.58. The number of hydrogen-bond acceptors (Lipinski definition) is 7. The van der Waals surface area contributed by atoms with Gasteiger partial charge in [0.15, 0.2) is 0 Å². The van der Waals surface area contributed by atoms with Crippen molar-refractivity contribution >= 4 is 5.97 Å². The number of hydrogen-bond donors (Lipinski definition) is 4. The van der Waals surface area contributed by atoms with E-state index >= 15 is 0 Å². The SMILES string of the molecule is C=C(CC1O[C@H](CO)[C@H](O)[C@H](O)[C@H]1O)C(=O)OCC. The van der Waals surface area contributed by atoms with E-state index in [1.54, 1.807) is 6.92 Å². The van der Waals surface area contributed by atoms with E-state index in [0.717, 1.165) is 0 Å². The van der Waals surface area contributed by atoms with Gasteiger partial charge in [-0.1, -0.05) is 6.58 Å². The summed E-state index contributed by atoms with van der Waals surface area (Å²) in [6, 6.07) is 0. The molecule has 0 radical (unpaired) electrons. The Hall–Kier alpha value is -0.990. The Bertz CT molecular complexity index is 328. The van der Waals surface area contributed by atoms with Crippen LogP contribution in [0.1, 0.15) is 13.3 Å². The summed E-state index contributed by atoms with van der Waals surface area (Å²) in [5.41, 5.74) is 0.0891. The number of carbonyl (C=O) groups excluding carboxylic acids is 1. The van der Waals surface area contributed by atoms with Crippen molar-refractivity contribution in [2.24, 2.45) is 0 Å². The molecule has 110 valence electrons. The van der Waals surface area contributed by atoms with Gasteiger partial charge < -0.3 is 29.9 Å². The van der Waals surface area contributed by atoms with Crippen LogP contribution in [0, 0.1) is 0 Å². The molecule has 0 spiro atoms. The normalized spacial score (nSPS) is 34.9. The second-order valence-electron chi connectivity index (χ2n) is 4.40. The fraction of sp³-hybridized carbons (Fsp3) is 0.750. The fourth-order valence-corrected chi connectivity index (χ4v) is 1.91. The number of esters is 1. The van der Waals surface area contributed by atoms with Crippen LogP contribution in [0.3, 0.4) is 0 Å². The zero-order valence-electron chi connectivity index (χ0n) is 10.7. The summed E-state index contributed by atoms with van der Waals surface area (Å²) in [4.78, 5) is 11.4. The lowest BCUT2D eigenvalue weighted by atomic mass is 9.92. The molecule has 5 atom stereocenters. The van der Waals surface area contributed by atoms with Crippen molar-refractivity contribution in [3.63, 3.8) is 0 Å². The third-order valence-corrected chi connectivity index (χ3v) is 3.00. The summed E-state index contributed by atoms with van der Waals surface area (Å²) in [7, 11) is 0. The highest BCUT2D eigenvalue weighted by Gasteiger charge is 2.43. The van der Waals surface area contributed by atoms with Crippen LogP contribution in [0.2, 0.25) is 0 Å². The van der Waals surface area contributed by atoms with Gasteiger partial charge in [0.25, 0.3) is 0 Å². The summed E-state index contributed by atoms with van der Waals surface area (Å²) in [5.74, 6) is -0.612. The fourth-order valence-electron chi connectivity index (χ4n) is 1.91. The molecule has 0 saturated carbocycles. The number of ether oxygens (including phenoxy) is 2. The van der Waals surface area contributed by atoms with Crippen LogP contribution < -0.4 is 0 Å². The average Bonchev–Trinajstić information content (AvgIpc) is 2.39. The first-order valence-corrected chi connectivity index (χ1v) is 6.07. The molecule has 0 aromatic heterocycles. The van der Waals surface area contributed by atoms with Gasteiger partial charge in [-0.3, -0.25) is 0 Å². The summed E-state index contributed by atoms with van der Waals surface area (Å²) in [5, 5.41) is 38.0. The summed E-state index contributed by atoms with van der Waals surface area (Å²) in [6.07, 6.45) is -6.21. The molecule has 19 heavy (non-hydrogen) atoms. The summed E-state index contributed by atoms with van der Waals surface area (Å²) in [6.45, 7) is 4.87. The molecule has 7 nitrogen and oxygen atoms in total. The molecular weight excluding hydrogens is 256 g/mol. The number of rotatable bonds is 5. The molecule has 1 aliphatic rings. The minimum atomic E-state index is -1.45. The van der Waals surface area contributed by atoms with Gasteiger partial charge >= 0.3 is 5.97 Å². The lowest BCUT2D eigenvalue weighted by molar-refractivity contribution is -0.228. The van der Waals surface area contributed by atoms with Crippen LogP contribution in [0.25, 0.3) is 0 Å². The molecule has 4 N–H and O–H groups in total. The molecule has 1 saturated heterocycles. The molecule has 1 aliphatic heterocycles. The Morgan fingerprint density at radius 1 is 1.21 bits per heavy atom. The molecule has 1 heterocycles. The molecule has 0 aromatic carbocycles. The van der Waals surface area contributed by atoms with Crippen LogP contribution in [-0.4, -0.2) is 70.1 Å². The van der Waals surface area contributed by atoms with E-state index in [4.69, 9.17) is 14.6 Å². The van der Waals surface area contributed by atoms with E-state index in [-0.39, 0.29) is 18.6 Å². The predicted molar refractivity (Wildman–Crippen MR) is 64.2 cm³/mol. The highest BCUT2D eigenvalue weighted by molar-refractivity contribution is 5.87. The molecule has 0 amide bonds.